The number of carbonyl (C=O) groups excluding carboxylic acids is 1. The molecule has 2 N–H and O–H groups in total. The quantitative estimate of drug-likeness (QED) is 0.871. The zero-order valence-electron chi connectivity index (χ0n) is 12.9. The number of aliphatic carboxylic acids is 1. The minimum Gasteiger partial charge on any atom is -0.481 e. The highest BCUT2D eigenvalue weighted by Gasteiger charge is 2.26. The van der Waals surface area contributed by atoms with Crippen LogP contribution in [0.25, 0.3) is 0 Å². The molecule has 3 rings (SSSR count). The molecule has 1 aromatic carbocycles. The minimum atomic E-state index is -0.948. The molecule has 0 aromatic heterocycles. The van der Waals surface area contributed by atoms with Gasteiger partial charge in [-0.25, -0.2) is 0 Å². The molecule has 0 spiro atoms. The molecular formula is C17H21NO5. The lowest BCUT2D eigenvalue weighted by Crippen LogP contribution is -2.35. The second-order valence-corrected chi connectivity index (χ2v) is 6.11. The number of amides is 1. The van der Waals surface area contributed by atoms with Gasteiger partial charge in [-0.2, -0.15) is 0 Å². The Hall–Kier alpha value is -2.24. The molecule has 0 bridgehead atoms. The van der Waals surface area contributed by atoms with Gasteiger partial charge in [-0.15, -0.1) is 0 Å². The highest BCUT2D eigenvalue weighted by atomic mass is 16.7. The fraction of sp³-hybridized carbons (Fsp3) is 0.529. The van der Waals surface area contributed by atoms with E-state index in [1.165, 1.54) is 6.42 Å². The van der Waals surface area contributed by atoms with Gasteiger partial charge < -0.3 is 19.9 Å². The summed E-state index contributed by atoms with van der Waals surface area (Å²) < 4.78 is 10.6. The van der Waals surface area contributed by atoms with Crippen LogP contribution in [0.1, 0.15) is 50.1 Å². The average Bonchev–Trinajstić information content (AvgIpc) is 3.02. The molecule has 1 amide bonds. The summed E-state index contributed by atoms with van der Waals surface area (Å²) in [5.74, 6) is 0.227. The molecule has 23 heavy (non-hydrogen) atoms. The predicted molar refractivity (Wildman–Crippen MR) is 82.3 cm³/mol. The molecule has 1 saturated carbocycles. The van der Waals surface area contributed by atoms with E-state index < -0.39 is 12.0 Å². The lowest BCUT2D eigenvalue weighted by molar-refractivity contribution is -0.138. The maximum atomic E-state index is 12.4. The largest absolute Gasteiger partial charge is 0.481 e. The van der Waals surface area contributed by atoms with Crippen molar-refractivity contribution in [3.63, 3.8) is 0 Å². The van der Waals surface area contributed by atoms with E-state index in [9.17, 15) is 9.59 Å². The maximum absolute atomic E-state index is 12.4. The number of carboxylic acids is 1. The van der Waals surface area contributed by atoms with Crippen molar-refractivity contribution < 1.29 is 24.2 Å². The molecule has 0 radical (unpaired) electrons. The van der Waals surface area contributed by atoms with Gasteiger partial charge in [0.25, 0.3) is 0 Å². The second-order valence-electron chi connectivity index (χ2n) is 6.11. The van der Waals surface area contributed by atoms with Crippen LogP contribution in [0.4, 0.5) is 0 Å². The Bertz CT molecular complexity index is 595. The molecule has 6 heteroatoms. The van der Waals surface area contributed by atoms with Crippen LogP contribution in [0.2, 0.25) is 0 Å². The Kier molecular flexibility index (Phi) is 4.69. The van der Waals surface area contributed by atoms with Crippen molar-refractivity contribution in [1.82, 2.24) is 5.32 Å². The predicted octanol–water partition coefficient (Wildman–Crippen LogP) is 2.63. The molecule has 2 aliphatic rings. The van der Waals surface area contributed by atoms with Crippen LogP contribution in [0.15, 0.2) is 18.2 Å². The maximum Gasteiger partial charge on any atom is 0.305 e. The Labute approximate surface area is 134 Å². The Morgan fingerprint density at radius 1 is 1.17 bits per heavy atom. The summed E-state index contributed by atoms with van der Waals surface area (Å²) in [6.45, 7) is 0.164. The minimum absolute atomic E-state index is 0.00550. The van der Waals surface area contributed by atoms with Gasteiger partial charge in [0.15, 0.2) is 11.5 Å². The summed E-state index contributed by atoms with van der Waals surface area (Å²) >= 11 is 0. The van der Waals surface area contributed by atoms with E-state index in [0.717, 1.165) is 31.2 Å². The average molecular weight is 319 g/mol. The third-order valence-electron chi connectivity index (χ3n) is 4.47. The molecule has 1 aromatic rings. The van der Waals surface area contributed by atoms with E-state index in [2.05, 4.69) is 5.32 Å². The number of nitrogens with one attached hydrogen (secondary N) is 1. The first kappa shape index (κ1) is 15.6. The molecule has 1 aliphatic carbocycles. The third-order valence-corrected chi connectivity index (χ3v) is 4.47. The molecule has 1 heterocycles. The number of fused-ring (bicyclic) bond motifs is 1. The van der Waals surface area contributed by atoms with Crippen molar-refractivity contribution in [2.45, 2.75) is 44.6 Å². The smallest absolute Gasteiger partial charge is 0.305 e. The van der Waals surface area contributed by atoms with Crippen LogP contribution in [0, 0.1) is 5.92 Å². The summed E-state index contributed by atoms with van der Waals surface area (Å²) in [7, 11) is 0. The summed E-state index contributed by atoms with van der Waals surface area (Å²) in [6, 6.07) is 4.72. The van der Waals surface area contributed by atoms with E-state index in [-0.39, 0.29) is 25.0 Å². The highest BCUT2D eigenvalue weighted by molar-refractivity contribution is 5.80. The lowest BCUT2D eigenvalue weighted by Gasteiger charge is -2.24. The fourth-order valence-corrected chi connectivity index (χ4v) is 3.21. The highest BCUT2D eigenvalue weighted by Crippen LogP contribution is 2.35. The molecule has 0 saturated heterocycles. The number of carboxylic acid groups (broad SMARTS) is 1. The van der Waals surface area contributed by atoms with Crippen LogP contribution >= 0.6 is 0 Å². The number of rotatable bonds is 5. The molecule has 6 nitrogen and oxygen atoms in total. The normalized spacial score (nSPS) is 18.4. The van der Waals surface area contributed by atoms with Gasteiger partial charge in [0.05, 0.1) is 12.5 Å². The molecule has 1 atom stereocenters. The van der Waals surface area contributed by atoms with Crippen molar-refractivity contribution >= 4 is 11.9 Å². The fourth-order valence-electron chi connectivity index (χ4n) is 3.21. The Morgan fingerprint density at radius 2 is 1.91 bits per heavy atom. The van der Waals surface area contributed by atoms with E-state index in [1.807, 2.05) is 0 Å². The van der Waals surface area contributed by atoms with Crippen LogP contribution < -0.4 is 14.8 Å². The van der Waals surface area contributed by atoms with E-state index >= 15 is 0 Å². The van der Waals surface area contributed by atoms with Crippen LogP contribution in [-0.4, -0.2) is 23.8 Å². The third kappa shape index (κ3) is 3.75. The van der Waals surface area contributed by atoms with E-state index in [1.54, 1.807) is 18.2 Å². The number of carbonyl (C=O) groups is 2. The van der Waals surface area contributed by atoms with Gasteiger partial charge >= 0.3 is 5.97 Å². The molecule has 0 unspecified atom stereocenters. The van der Waals surface area contributed by atoms with E-state index in [0.29, 0.717) is 11.5 Å². The molecule has 1 aliphatic heterocycles. The van der Waals surface area contributed by atoms with Crippen molar-refractivity contribution in [3.8, 4) is 11.5 Å². The van der Waals surface area contributed by atoms with Crippen molar-refractivity contribution in [1.29, 1.82) is 0 Å². The number of hydrogen-bond donors (Lipinski definition) is 2. The standard InChI is InChI=1S/C17H21NO5/c19-16(20)9-13(18-17(21)11-4-2-1-3-5-11)12-6-7-14-15(8-12)23-10-22-14/h6-8,11,13H,1-5,9-10H2,(H,18,21)(H,19,20)/t13-/m0/s1. The van der Waals surface area contributed by atoms with Gasteiger partial charge in [0.2, 0.25) is 12.7 Å². The zero-order valence-corrected chi connectivity index (χ0v) is 12.9. The molecular weight excluding hydrogens is 298 g/mol. The van der Waals surface area contributed by atoms with Crippen molar-refractivity contribution in [3.05, 3.63) is 23.8 Å². The monoisotopic (exact) mass is 319 g/mol. The van der Waals surface area contributed by atoms with Crippen LogP contribution in [0.3, 0.4) is 0 Å². The van der Waals surface area contributed by atoms with Gasteiger partial charge in [-0.1, -0.05) is 25.3 Å². The summed E-state index contributed by atoms with van der Waals surface area (Å²) in [5.41, 5.74) is 0.723. The number of hydrogen-bond acceptors (Lipinski definition) is 4. The summed E-state index contributed by atoms with van der Waals surface area (Å²) in [6.07, 6.45) is 4.90. The first-order valence-electron chi connectivity index (χ1n) is 8.05. The SMILES string of the molecule is O=C(O)C[C@H](NC(=O)C1CCCCC1)c1ccc2c(c1)OCO2. The zero-order chi connectivity index (χ0) is 16.2. The lowest BCUT2D eigenvalue weighted by atomic mass is 9.88. The van der Waals surface area contributed by atoms with Gasteiger partial charge in [0, 0.05) is 5.92 Å². The number of ether oxygens (including phenoxy) is 2. The second kappa shape index (κ2) is 6.89. The Balaban J connectivity index is 1.74. The molecule has 124 valence electrons. The first-order valence-corrected chi connectivity index (χ1v) is 8.05. The topological polar surface area (TPSA) is 84.9 Å². The van der Waals surface area contributed by atoms with Crippen molar-refractivity contribution in [2.24, 2.45) is 5.92 Å². The Morgan fingerprint density at radius 3 is 2.65 bits per heavy atom. The van der Waals surface area contributed by atoms with E-state index in [4.69, 9.17) is 14.6 Å². The van der Waals surface area contributed by atoms with Gasteiger partial charge in [0.1, 0.15) is 0 Å². The number of benzene rings is 1. The van der Waals surface area contributed by atoms with Gasteiger partial charge in [-0.3, -0.25) is 9.59 Å². The van der Waals surface area contributed by atoms with Gasteiger partial charge in [-0.05, 0) is 30.5 Å². The summed E-state index contributed by atoms with van der Waals surface area (Å²) in [5, 5.41) is 12.1. The summed E-state index contributed by atoms with van der Waals surface area (Å²) in [4.78, 5) is 23.6. The first-order chi connectivity index (χ1) is 11.1. The van der Waals surface area contributed by atoms with Crippen LogP contribution in [0.5, 0.6) is 11.5 Å². The van der Waals surface area contributed by atoms with Crippen LogP contribution in [-0.2, 0) is 9.59 Å². The van der Waals surface area contributed by atoms with Crippen molar-refractivity contribution in [2.75, 3.05) is 6.79 Å². The molecule has 1 fully saturated rings.